The second-order valence-corrected chi connectivity index (χ2v) is 8.01. The Morgan fingerprint density at radius 1 is 1.07 bits per heavy atom. The maximum Gasteiger partial charge on any atom is 0.237 e. The Labute approximate surface area is 175 Å². The summed E-state index contributed by atoms with van der Waals surface area (Å²) >= 11 is 0. The zero-order valence-corrected chi connectivity index (χ0v) is 17.5. The third-order valence-electron chi connectivity index (χ3n) is 5.57. The molecule has 1 unspecified atom stereocenters. The van der Waals surface area contributed by atoms with Crippen LogP contribution in [0, 0.1) is 5.41 Å². The highest BCUT2D eigenvalue weighted by atomic mass is 35.5. The lowest BCUT2D eigenvalue weighted by molar-refractivity contribution is -0.132. The maximum absolute atomic E-state index is 13.1. The molecule has 152 valence electrons. The van der Waals surface area contributed by atoms with Crippen molar-refractivity contribution in [1.29, 1.82) is 0 Å². The van der Waals surface area contributed by atoms with Crippen molar-refractivity contribution in [3.63, 3.8) is 0 Å². The molecular formula is C23H32ClN3O. The van der Waals surface area contributed by atoms with Crippen LogP contribution in [0.15, 0.2) is 60.7 Å². The van der Waals surface area contributed by atoms with Crippen molar-refractivity contribution in [3.8, 4) is 0 Å². The highest BCUT2D eigenvalue weighted by Crippen LogP contribution is 2.28. The van der Waals surface area contributed by atoms with Crippen LogP contribution in [-0.2, 0) is 17.8 Å². The minimum atomic E-state index is 0. The standard InChI is InChI=1S/C23H31N3O.ClH/c1-23(18-24)13-15-25(19-23)17-22(27)26(16-21-10-6-3-7-11-21)14-12-20-8-4-2-5-9-20;/h2-11H,12-19,24H2,1H3;1H. The van der Waals surface area contributed by atoms with Gasteiger partial charge in [-0.2, -0.15) is 0 Å². The van der Waals surface area contributed by atoms with Crippen LogP contribution < -0.4 is 5.73 Å². The van der Waals surface area contributed by atoms with Crippen molar-refractivity contribution < 1.29 is 4.79 Å². The van der Waals surface area contributed by atoms with Gasteiger partial charge >= 0.3 is 0 Å². The van der Waals surface area contributed by atoms with Crippen molar-refractivity contribution in [2.75, 3.05) is 32.7 Å². The zero-order chi connectivity index (χ0) is 19.1. The van der Waals surface area contributed by atoms with Gasteiger partial charge in [0.15, 0.2) is 0 Å². The average molecular weight is 402 g/mol. The number of carbonyl (C=O) groups excluding carboxylic acids is 1. The number of benzene rings is 2. The Kier molecular flexibility index (Phi) is 8.49. The van der Waals surface area contributed by atoms with Gasteiger partial charge in [0.1, 0.15) is 0 Å². The molecule has 1 fully saturated rings. The fourth-order valence-corrected chi connectivity index (χ4v) is 3.72. The molecule has 1 atom stereocenters. The summed E-state index contributed by atoms with van der Waals surface area (Å²) < 4.78 is 0. The largest absolute Gasteiger partial charge is 0.337 e. The van der Waals surface area contributed by atoms with E-state index in [2.05, 4.69) is 48.2 Å². The van der Waals surface area contributed by atoms with Crippen LogP contribution >= 0.6 is 12.4 Å². The Hall–Kier alpha value is -1.88. The van der Waals surface area contributed by atoms with Gasteiger partial charge in [0.25, 0.3) is 0 Å². The van der Waals surface area contributed by atoms with Gasteiger partial charge in [0, 0.05) is 19.6 Å². The molecule has 3 rings (SSSR count). The van der Waals surface area contributed by atoms with Crippen molar-refractivity contribution in [2.24, 2.45) is 11.1 Å². The Balaban J connectivity index is 0.00000280. The number of carbonyl (C=O) groups is 1. The Morgan fingerprint density at radius 2 is 1.68 bits per heavy atom. The lowest BCUT2D eigenvalue weighted by atomic mass is 9.90. The monoisotopic (exact) mass is 401 g/mol. The summed E-state index contributed by atoms with van der Waals surface area (Å²) in [5, 5.41) is 0. The molecule has 0 saturated carbocycles. The number of hydrogen-bond acceptors (Lipinski definition) is 3. The normalized spacial score (nSPS) is 19.2. The van der Waals surface area contributed by atoms with Crippen LogP contribution in [0.2, 0.25) is 0 Å². The van der Waals surface area contributed by atoms with Crippen LogP contribution in [0.1, 0.15) is 24.5 Å². The van der Waals surface area contributed by atoms with Crippen molar-refractivity contribution in [1.82, 2.24) is 9.80 Å². The van der Waals surface area contributed by atoms with Crippen molar-refractivity contribution >= 4 is 18.3 Å². The average Bonchev–Trinajstić information content (AvgIpc) is 3.08. The summed E-state index contributed by atoms with van der Waals surface area (Å²) in [7, 11) is 0. The fourth-order valence-electron chi connectivity index (χ4n) is 3.72. The third kappa shape index (κ3) is 6.33. The van der Waals surface area contributed by atoms with Gasteiger partial charge < -0.3 is 10.6 Å². The second kappa shape index (κ2) is 10.6. The third-order valence-corrected chi connectivity index (χ3v) is 5.57. The molecule has 2 N–H and O–H groups in total. The molecule has 4 nitrogen and oxygen atoms in total. The molecule has 0 bridgehead atoms. The molecule has 5 heteroatoms. The lowest BCUT2D eigenvalue weighted by Gasteiger charge is -2.27. The molecule has 28 heavy (non-hydrogen) atoms. The first kappa shape index (κ1) is 22.4. The fraction of sp³-hybridized carbons (Fsp3) is 0.435. The molecule has 1 aliphatic rings. The van der Waals surface area contributed by atoms with E-state index < -0.39 is 0 Å². The first-order valence-corrected chi connectivity index (χ1v) is 9.86. The number of amides is 1. The quantitative estimate of drug-likeness (QED) is 0.737. The summed E-state index contributed by atoms with van der Waals surface area (Å²) in [5.74, 6) is 0.205. The highest BCUT2D eigenvalue weighted by molar-refractivity contribution is 5.85. The number of nitrogens with zero attached hydrogens (tertiary/aromatic N) is 2. The van der Waals surface area contributed by atoms with Crippen molar-refractivity contribution in [3.05, 3.63) is 71.8 Å². The molecule has 0 radical (unpaired) electrons. The molecule has 2 aromatic carbocycles. The smallest absolute Gasteiger partial charge is 0.237 e. The highest BCUT2D eigenvalue weighted by Gasteiger charge is 2.33. The van der Waals surface area contributed by atoms with Gasteiger partial charge in [-0.1, -0.05) is 67.6 Å². The minimum absolute atomic E-state index is 0. The molecule has 2 aromatic rings. The maximum atomic E-state index is 13.1. The number of halogens is 1. The topological polar surface area (TPSA) is 49.6 Å². The van der Waals surface area contributed by atoms with E-state index in [1.54, 1.807) is 0 Å². The predicted octanol–water partition coefficient (Wildman–Crippen LogP) is 3.35. The number of hydrogen-bond donors (Lipinski definition) is 1. The summed E-state index contributed by atoms with van der Waals surface area (Å²) in [6, 6.07) is 20.6. The van der Waals surface area contributed by atoms with Gasteiger partial charge in [0.2, 0.25) is 5.91 Å². The number of nitrogens with two attached hydrogens (primary N) is 1. The SMILES string of the molecule is CC1(CN)CCN(CC(=O)N(CCc2ccccc2)Cc2ccccc2)C1.Cl. The lowest BCUT2D eigenvalue weighted by Crippen LogP contribution is -2.41. The molecule has 1 heterocycles. The molecule has 1 aliphatic heterocycles. The van der Waals surface area contributed by atoms with E-state index >= 15 is 0 Å². The van der Waals surface area contributed by atoms with E-state index in [1.807, 2.05) is 29.2 Å². The molecule has 1 amide bonds. The minimum Gasteiger partial charge on any atom is -0.337 e. The summed E-state index contributed by atoms with van der Waals surface area (Å²) in [6.45, 7) is 6.64. The molecule has 0 aromatic heterocycles. The molecular weight excluding hydrogens is 370 g/mol. The van der Waals surface area contributed by atoms with Crippen LogP contribution in [-0.4, -0.2) is 48.4 Å². The van der Waals surface area contributed by atoms with Crippen LogP contribution in [0.4, 0.5) is 0 Å². The van der Waals surface area contributed by atoms with Crippen LogP contribution in [0.3, 0.4) is 0 Å². The molecule has 0 aliphatic carbocycles. The van der Waals surface area contributed by atoms with E-state index in [0.29, 0.717) is 19.6 Å². The summed E-state index contributed by atoms with van der Waals surface area (Å²) in [4.78, 5) is 17.3. The second-order valence-electron chi connectivity index (χ2n) is 8.01. The van der Waals surface area contributed by atoms with Gasteiger partial charge in [-0.05, 0) is 42.5 Å². The van der Waals surface area contributed by atoms with E-state index in [1.165, 1.54) is 11.1 Å². The van der Waals surface area contributed by atoms with Crippen molar-refractivity contribution in [2.45, 2.75) is 26.3 Å². The Morgan fingerprint density at radius 3 is 2.25 bits per heavy atom. The van der Waals surface area contributed by atoms with Gasteiger partial charge in [-0.25, -0.2) is 0 Å². The van der Waals surface area contributed by atoms with Gasteiger partial charge in [-0.3, -0.25) is 9.69 Å². The van der Waals surface area contributed by atoms with Gasteiger partial charge in [-0.15, -0.1) is 12.4 Å². The zero-order valence-electron chi connectivity index (χ0n) is 16.7. The van der Waals surface area contributed by atoms with E-state index in [4.69, 9.17) is 5.73 Å². The van der Waals surface area contributed by atoms with E-state index in [9.17, 15) is 4.79 Å². The number of rotatable bonds is 8. The number of likely N-dealkylation sites (tertiary alicyclic amines) is 1. The first-order chi connectivity index (χ1) is 13.1. The molecule has 1 saturated heterocycles. The Bertz CT molecular complexity index is 725. The van der Waals surface area contributed by atoms with Gasteiger partial charge in [0.05, 0.1) is 6.54 Å². The van der Waals surface area contributed by atoms with E-state index in [-0.39, 0.29) is 23.7 Å². The summed E-state index contributed by atoms with van der Waals surface area (Å²) in [5.41, 5.74) is 8.50. The predicted molar refractivity (Wildman–Crippen MR) is 117 cm³/mol. The summed E-state index contributed by atoms with van der Waals surface area (Å²) in [6.07, 6.45) is 1.94. The van der Waals surface area contributed by atoms with Crippen LogP contribution in [0.25, 0.3) is 0 Å². The van der Waals surface area contributed by atoms with Crippen LogP contribution in [0.5, 0.6) is 0 Å². The molecule has 0 spiro atoms. The first-order valence-electron chi connectivity index (χ1n) is 9.86. The van der Waals surface area contributed by atoms with E-state index in [0.717, 1.165) is 32.5 Å².